The largest absolute Gasteiger partial charge is 0.466 e. The molecule has 0 radical (unpaired) electrons. The van der Waals surface area contributed by atoms with Gasteiger partial charge in [-0.3, -0.25) is 9.59 Å². The lowest BCUT2D eigenvalue weighted by atomic mass is 10.3. The first kappa shape index (κ1) is 13.9. The van der Waals surface area contributed by atoms with Crippen LogP contribution in [-0.2, 0) is 9.53 Å². The molecule has 0 aromatic carbocycles. The first-order valence-corrected chi connectivity index (χ1v) is 5.55. The zero-order valence-electron chi connectivity index (χ0n) is 10.4. The molecule has 0 saturated carbocycles. The van der Waals surface area contributed by atoms with Gasteiger partial charge in [-0.25, -0.2) is 0 Å². The predicted octanol–water partition coefficient (Wildman–Crippen LogP) is -0.0351. The second-order valence-electron chi connectivity index (χ2n) is 3.62. The number of carbonyl (C=O) groups excluding carboxylic acids is 2. The second kappa shape index (κ2) is 6.53. The van der Waals surface area contributed by atoms with Crippen LogP contribution in [0.2, 0.25) is 0 Å². The molecular weight excluding hydrogens is 236 g/mol. The number of hydrogen-bond donors (Lipinski definition) is 1. The summed E-state index contributed by atoms with van der Waals surface area (Å²) in [4.78, 5) is 23.7. The number of ether oxygens (including phenoxy) is 1. The first-order chi connectivity index (χ1) is 8.54. The minimum Gasteiger partial charge on any atom is -0.466 e. The number of aromatic nitrogens is 2. The van der Waals surface area contributed by atoms with Gasteiger partial charge in [0.05, 0.1) is 13.0 Å². The highest BCUT2D eigenvalue weighted by molar-refractivity contribution is 5.90. The first-order valence-electron chi connectivity index (χ1n) is 5.55. The number of rotatable bonds is 6. The summed E-state index contributed by atoms with van der Waals surface area (Å²) in [6, 6.07) is 3.11. The number of carbonyl (C=O) groups is 2. The van der Waals surface area contributed by atoms with Crippen molar-refractivity contribution in [2.75, 3.05) is 25.1 Å². The van der Waals surface area contributed by atoms with Crippen molar-refractivity contribution in [3.63, 3.8) is 0 Å². The lowest BCUT2D eigenvalue weighted by Gasteiger charge is -2.16. The van der Waals surface area contributed by atoms with Crippen molar-refractivity contribution < 1.29 is 14.3 Å². The molecule has 1 rings (SSSR count). The highest BCUT2D eigenvalue weighted by Gasteiger charge is 2.09. The number of hydrogen-bond acceptors (Lipinski definition) is 6. The average molecular weight is 252 g/mol. The van der Waals surface area contributed by atoms with Crippen LogP contribution in [0.3, 0.4) is 0 Å². The fraction of sp³-hybridized carbons (Fsp3) is 0.455. The quantitative estimate of drug-likeness (QED) is 0.713. The van der Waals surface area contributed by atoms with E-state index in [2.05, 4.69) is 10.2 Å². The molecule has 0 aliphatic carbocycles. The van der Waals surface area contributed by atoms with Crippen LogP contribution in [0.15, 0.2) is 12.1 Å². The molecule has 0 spiro atoms. The Morgan fingerprint density at radius 3 is 2.61 bits per heavy atom. The molecule has 0 aliphatic heterocycles. The van der Waals surface area contributed by atoms with Gasteiger partial charge in [0.1, 0.15) is 0 Å². The second-order valence-corrected chi connectivity index (χ2v) is 3.62. The molecule has 0 saturated heterocycles. The van der Waals surface area contributed by atoms with Crippen molar-refractivity contribution in [2.45, 2.75) is 13.3 Å². The van der Waals surface area contributed by atoms with Gasteiger partial charge in [-0.15, -0.1) is 10.2 Å². The Morgan fingerprint density at radius 1 is 1.39 bits per heavy atom. The van der Waals surface area contributed by atoms with E-state index in [1.54, 1.807) is 24.9 Å². The van der Waals surface area contributed by atoms with E-state index in [0.717, 1.165) is 0 Å². The van der Waals surface area contributed by atoms with Crippen LogP contribution in [0.5, 0.6) is 0 Å². The van der Waals surface area contributed by atoms with E-state index in [4.69, 9.17) is 10.5 Å². The van der Waals surface area contributed by atoms with Gasteiger partial charge in [-0.2, -0.15) is 0 Å². The maximum absolute atomic E-state index is 11.2. The summed E-state index contributed by atoms with van der Waals surface area (Å²) in [6.07, 6.45) is 0.267. The summed E-state index contributed by atoms with van der Waals surface area (Å²) in [5.41, 5.74) is 5.16. The smallest absolute Gasteiger partial charge is 0.307 e. The van der Waals surface area contributed by atoms with Gasteiger partial charge in [0.15, 0.2) is 11.5 Å². The van der Waals surface area contributed by atoms with Crippen LogP contribution >= 0.6 is 0 Å². The van der Waals surface area contributed by atoms with Gasteiger partial charge in [0.25, 0.3) is 5.91 Å². The highest BCUT2D eigenvalue weighted by Crippen LogP contribution is 2.07. The van der Waals surface area contributed by atoms with Gasteiger partial charge in [-0.05, 0) is 19.1 Å². The summed E-state index contributed by atoms with van der Waals surface area (Å²) in [6.45, 7) is 2.59. The fourth-order valence-corrected chi connectivity index (χ4v) is 1.27. The Balaban J connectivity index is 2.53. The van der Waals surface area contributed by atoms with Crippen LogP contribution in [0.1, 0.15) is 23.8 Å². The lowest BCUT2D eigenvalue weighted by molar-refractivity contribution is -0.142. The van der Waals surface area contributed by atoms with Gasteiger partial charge < -0.3 is 15.4 Å². The van der Waals surface area contributed by atoms with Gasteiger partial charge >= 0.3 is 5.97 Å². The molecule has 0 bridgehead atoms. The summed E-state index contributed by atoms with van der Waals surface area (Å²) in [5.74, 6) is -0.321. The third-order valence-corrected chi connectivity index (χ3v) is 2.25. The predicted molar refractivity (Wildman–Crippen MR) is 65.1 cm³/mol. The highest BCUT2D eigenvalue weighted by atomic mass is 16.5. The van der Waals surface area contributed by atoms with E-state index < -0.39 is 5.91 Å². The number of anilines is 1. The topological polar surface area (TPSA) is 98.4 Å². The molecular formula is C11H16N4O3. The maximum Gasteiger partial charge on any atom is 0.307 e. The van der Waals surface area contributed by atoms with Crippen LogP contribution in [0.4, 0.5) is 5.82 Å². The molecule has 0 fully saturated rings. The molecule has 7 nitrogen and oxygen atoms in total. The van der Waals surface area contributed by atoms with Crippen molar-refractivity contribution in [1.29, 1.82) is 0 Å². The summed E-state index contributed by atoms with van der Waals surface area (Å²) >= 11 is 0. The maximum atomic E-state index is 11.2. The van der Waals surface area contributed by atoms with E-state index in [9.17, 15) is 9.59 Å². The summed E-state index contributed by atoms with van der Waals surface area (Å²) < 4.78 is 4.82. The van der Waals surface area contributed by atoms with Gasteiger partial charge in [0.2, 0.25) is 0 Å². The average Bonchev–Trinajstić information content (AvgIpc) is 2.36. The Kier molecular flexibility index (Phi) is 5.04. The molecule has 2 N–H and O–H groups in total. The molecule has 1 heterocycles. The Labute approximate surface area is 105 Å². The molecule has 0 atom stereocenters. The van der Waals surface area contributed by atoms with E-state index >= 15 is 0 Å². The third-order valence-electron chi connectivity index (χ3n) is 2.25. The lowest BCUT2D eigenvalue weighted by Crippen LogP contribution is -2.24. The molecule has 7 heteroatoms. The number of primary amides is 1. The zero-order chi connectivity index (χ0) is 13.5. The van der Waals surface area contributed by atoms with Crippen molar-refractivity contribution in [1.82, 2.24) is 10.2 Å². The number of nitrogens with two attached hydrogens (primary N) is 1. The SMILES string of the molecule is CCOC(=O)CCN(C)c1ccc(C(N)=O)nn1. The Morgan fingerprint density at radius 2 is 2.11 bits per heavy atom. The van der Waals surface area contributed by atoms with E-state index in [1.807, 2.05) is 0 Å². The molecule has 98 valence electrons. The number of esters is 1. The minimum atomic E-state index is -0.622. The Hall–Kier alpha value is -2.18. The summed E-state index contributed by atoms with van der Waals surface area (Å²) in [5, 5.41) is 7.53. The minimum absolute atomic E-state index is 0.109. The zero-order valence-corrected chi connectivity index (χ0v) is 10.4. The molecule has 1 amide bonds. The van der Waals surface area contributed by atoms with Crippen molar-refractivity contribution in [3.05, 3.63) is 17.8 Å². The summed E-state index contributed by atoms with van der Waals surface area (Å²) in [7, 11) is 1.77. The normalized spacial score (nSPS) is 9.89. The van der Waals surface area contributed by atoms with Crippen LogP contribution in [0.25, 0.3) is 0 Å². The fourth-order valence-electron chi connectivity index (χ4n) is 1.27. The van der Waals surface area contributed by atoms with E-state index in [-0.39, 0.29) is 18.1 Å². The van der Waals surface area contributed by atoms with Crippen LogP contribution in [-0.4, -0.2) is 42.3 Å². The number of nitrogens with zero attached hydrogens (tertiary/aromatic N) is 3. The van der Waals surface area contributed by atoms with Crippen molar-refractivity contribution in [3.8, 4) is 0 Å². The van der Waals surface area contributed by atoms with Gasteiger partial charge in [-0.1, -0.05) is 0 Å². The van der Waals surface area contributed by atoms with Crippen LogP contribution < -0.4 is 10.6 Å². The van der Waals surface area contributed by atoms with Crippen molar-refractivity contribution >= 4 is 17.7 Å². The van der Waals surface area contributed by atoms with Crippen LogP contribution in [0, 0.1) is 0 Å². The molecule has 0 unspecified atom stereocenters. The number of amides is 1. The van der Waals surface area contributed by atoms with E-state index in [1.165, 1.54) is 6.07 Å². The molecule has 0 aliphatic rings. The monoisotopic (exact) mass is 252 g/mol. The van der Waals surface area contributed by atoms with Gasteiger partial charge in [0, 0.05) is 13.6 Å². The van der Waals surface area contributed by atoms with Crippen molar-refractivity contribution in [2.24, 2.45) is 5.73 Å². The molecule has 1 aromatic heterocycles. The molecule has 1 aromatic rings. The van der Waals surface area contributed by atoms with E-state index in [0.29, 0.717) is 19.0 Å². The standard InChI is InChI=1S/C11H16N4O3/c1-3-18-10(16)6-7-15(2)9-5-4-8(11(12)17)13-14-9/h4-5H,3,6-7H2,1-2H3,(H2,12,17). The third kappa shape index (κ3) is 4.00. The molecule has 18 heavy (non-hydrogen) atoms. The Bertz CT molecular complexity index is 419.